The number of pyridine rings is 1. The standard InChI is InChI=1S/C16H18ClN5O3/c1-2-25-16(24)11-3-5-21(6-4-11)15(23)12-7-13(17)14(18-8-12)22-9-19-20-10-22/h7-11H,2-6H2,1H3. The summed E-state index contributed by atoms with van der Waals surface area (Å²) < 4.78 is 6.61. The first-order chi connectivity index (χ1) is 12.1. The molecular formula is C16H18ClN5O3. The molecule has 0 aromatic carbocycles. The smallest absolute Gasteiger partial charge is 0.309 e. The maximum absolute atomic E-state index is 12.6. The van der Waals surface area contributed by atoms with Crippen LogP contribution in [0, 0.1) is 5.92 Å². The molecule has 1 aliphatic heterocycles. The molecule has 25 heavy (non-hydrogen) atoms. The molecule has 0 spiro atoms. The highest BCUT2D eigenvalue weighted by Gasteiger charge is 2.29. The summed E-state index contributed by atoms with van der Waals surface area (Å²) in [6.07, 6.45) is 5.65. The van der Waals surface area contributed by atoms with Crippen molar-refractivity contribution >= 4 is 23.5 Å². The molecule has 0 bridgehead atoms. The number of nitrogens with zero attached hydrogens (tertiary/aromatic N) is 5. The van der Waals surface area contributed by atoms with E-state index in [0.29, 0.717) is 48.9 Å². The molecule has 0 atom stereocenters. The molecule has 9 heteroatoms. The second-order valence-corrected chi connectivity index (χ2v) is 6.12. The largest absolute Gasteiger partial charge is 0.466 e. The molecule has 1 amide bonds. The summed E-state index contributed by atoms with van der Waals surface area (Å²) >= 11 is 6.23. The van der Waals surface area contributed by atoms with Crippen molar-refractivity contribution in [2.45, 2.75) is 19.8 Å². The molecular weight excluding hydrogens is 346 g/mol. The molecule has 0 saturated carbocycles. The molecule has 2 aromatic heterocycles. The average molecular weight is 364 g/mol. The van der Waals surface area contributed by atoms with Gasteiger partial charge in [0.1, 0.15) is 12.7 Å². The lowest BCUT2D eigenvalue weighted by molar-refractivity contribution is -0.149. The number of rotatable bonds is 4. The van der Waals surface area contributed by atoms with E-state index in [2.05, 4.69) is 15.2 Å². The number of ether oxygens (including phenoxy) is 1. The first-order valence-electron chi connectivity index (χ1n) is 8.06. The Morgan fingerprint density at radius 1 is 1.28 bits per heavy atom. The van der Waals surface area contributed by atoms with Gasteiger partial charge in [-0.2, -0.15) is 0 Å². The Labute approximate surface area is 149 Å². The van der Waals surface area contributed by atoms with E-state index >= 15 is 0 Å². The molecule has 1 aliphatic rings. The summed E-state index contributed by atoms with van der Waals surface area (Å²) in [5.74, 6) is -0.00399. The zero-order valence-electron chi connectivity index (χ0n) is 13.8. The van der Waals surface area contributed by atoms with Gasteiger partial charge in [-0.15, -0.1) is 10.2 Å². The van der Waals surface area contributed by atoms with Gasteiger partial charge >= 0.3 is 5.97 Å². The summed E-state index contributed by atoms with van der Waals surface area (Å²) in [5, 5.41) is 7.75. The number of esters is 1. The Bertz CT molecular complexity index is 757. The SMILES string of the molecule is CCOC(=O)C1CCN(C(=O)c2cnc(-n3cnnc3)c(Cl)c2)CC1. The van der Waals surface area contributed by atoms with Crippen LogP contribution in [0.2, 0.25) is 5.02 Å². The molecule has 3 heterocycles. The minimum atomic E-state index is -0.183. The van der Waals surface area contributed by atoms with Crippen molar-refractivity contribution in [3.05, 3.63) is 35.5 Å². The van der Waals surface area contributed by atoms with Crippen molar-refractivity contribution in [3.8, 4) is 5.82 Å². The third-order valence-electron chi connectivity index (χ3n) is 4.13. The van der Waals surface area contributed by atoms with Crippen LogP contribution in [0.25, 0.3) is 5.82 Å². The van der Waals surface area contributed by atoms with E-state index in [4.69, 9.17) is 16.3 Å². The second kappa shape index (κ2) is 7.60. The molecule has 0 N–H and O–H groups in total. The fraction of sp³-hybridized carbons (Fsp3) is 0.438. The molecule has 1 saturated heterocycles. The van der Waals surface area contributed by atoms with Gasteiger partial charge in [-0.1, -0.05) is 11.6 Å². The highest BCUT2D eigenvalue weighted by atomic mass is 35.5. The van der Waals surface area contributed by atoms with E-state index in [1.807, 2.05) is 0 Å². The lowest BCUT2D eigenvalue weighted by atomic mass is 9.96. The number of likely N-dealkylation sites (tertiary alicyclic amines) is 1. The predicted molar refractivity (Wildman–Crippen MR) is 89.4 cm³/mol. The summed E-state index contributed by atoms with van der Waals surface area (Å²) in [4.78, 5) is 30.3. The van der Waals surface area contributed by atoms with Gasteiger partial charge in [0.15, 0.2) is 5.82 Å². The summed E-state index contributed by atoms with van der Waals surface area (Å²) in [6.45, 7) is 3.18. The van der Waals surface area contributed by atoms with Crippen LogP contribution in [0.15, 0.2) is 24.9 Å². The van der Waals surface area contributed by atoms with Crippen molar-refractivity contribution in [1.82, 2.24) is 24.6 Å². The van der Waals surface area contributed by atoms with E-state index in [9.17, 15) is 9.59 Å². The van der Waals surface area contributed by atoms with Gasteiger partial charge in [-0.25, -0.2) is 4.98 Å². The third kappa shape index (κ3) is 3.79. The fourth-order valence-corrected chi connectivity index (χ4v) is 3.07. The zero-order valence-corrected chi connectivity index (χ0v) is 14.5. The predicted octanol–water partition coefficient (Wildman–Crippen LogP) is 1.73. The maximum Gasteiger partial charge on any atom is 0.309 e. The molecule has 0 unspecified atom stereocenters. The van der Waals surface area contributed by atoms with E-state index in [-0.39, 0.29) is 17.8 Å². The minimum Gasteiger partial charge on any atom is -0.466 e. The van der Waals surface area contributed by atoms with Crippen LogP contribution in [0.4, 0.5) is 0 Å². The van der Waals surface area contributed by atoms with Crippen molar-refractivity contribution in [3.63, 3.8) is 0 Å². The molecule has 132 valence electrons. The lowest BCUT2D eigenvalue weighted by Gasteiger charge is -2.30. The van der Waals surface area contributed by atoms with Gasteiger partial charge in [0.05, 0.1) is 23.1 Å². The van der Waals surface area contributed by atoms with Gasteiger partial charge in [0.2, 0.25) is 0 Å². The van der Waals surface area contributed by atoms with Gasteiger partial charge in [-0.05, 0) is 25.8 Å². The highest BCUT2D eigenvalue weighted by molar-refractivity contribution is 6.32. The van der Waals surface area contributed by atoms with Crippen LogP contribution < -0.4 is 0 Å². The monoisotopic (exact) mass is 363 g/mol. The third-order valence-corrected chi connectivity index (χ3v) is 4.41. The van der Waals surface area contributed by atoms with Crippen LogP contribution in [0.3, 0.4) is 0 Å². The van der Waals surface area contributed by atoms with Crippen LogP contribution in [0.1, 0.15) is 30.1 Å². The Morgan fingerprint density at radius 3 is 2.56 bits per heavy atom. The quantitative estimate of drug-likeness (QED) is 0.768. The number of carbonyl (C=O) groups excluding carboxylic acids is 2. The Balaban J connectivity index is 1.66. The second-order valence-electron chi connectivity index (χ2n) is 5.72. The Hall–Kier alpha value is -2.48. The normalized spacial score (nSPS) is 15.2. The van der Waals surface area contributed by atoms with E-state index < -0.39 is 0 Å². The first-order valence-corrected chi connectivity index (χ1v) is 8.44. The van der Waals surface area contributed by atoms with E-state index in [0.717, 1.165) is 0 Å². The minimum absolute atomic E-state index is 0.137. The van der Waals surface area contributed by atoms with Crippen molar-refractivity contribution < 1.29 is 14.3 Å². The van der Waals surface area contributed by atoms with Crippen LogP contribution >= 0.6 is 11.6 Å². The maximum atomic E-state index is 12.6. The summed E-state index contributed by atoms with van der Waals surface area (Å²) in [7, 11) is 0. The highest BCUT2D eigenvalue weighted by Crippen LogP contribution is 2.23. The number of piperidine rings is 1. The van der Waals surface area contributed by atoms with Gasteiger partial charge in [0, 0.05) is 19.3 Å². The van der Waals surface area contributed by atoms with E-state index in [1.54, 1.807) is 22.5 Å². The number of hydrogen-bond acceptors (Lipinski definition) is 6. The average Bonchev–Trinajstić information content (AvgIpc) is 3.15. The van der Waals surface area contributed by atoms with Crippen molar-refractivity contribution in [2.75, 3.05) is 19.7 Å². The first kappa shape index (κ1) is 17.3. The zero-order chi connectivity index (χ0) is 17.8. The summed E-state index contributed by atoms with van der Waals surface area (Å²) in [5.41, 5.74) is 0.413. The number of amides is 1. The summed E-state index contributed by atoms with van der Waals surface area (Å²) in [6, 6.07) is 1.59. The molecule has 1 fully saturated rings. The van der Waals surface area contributed by atoms with Crippen LogP contribution in [-0.2, 0) is 9.53 Å². The molecule has 0 aliphatic carbocycles. The fourth-order valence-electron chi connectivity index (χ4n) is 2.81. The van der Waals surface area contributed by atoms with Crippen molar-refractivity contribution in [2.24, 2.45) is 5.92 Å². The van der Waals surface area contributed by atoms with Crippen molar-refractivity contribution in [1.29, 1.82) is 0 Å². The van der Waals surface area contributed by atoms with Crippen LogP contribution in [-0.4, -0.2) is 56.2 Å². The molecule has 3 rings (SSSR count). The van der Waals surface area contributed by atoms with Gasteiger partial charge in [-0.3, -0.25) is 14.2 Å². The molecule has 8 nitrogen and oxygen atoms in total. The van der Waals surface area contributed by atoms with Crippen LogP contribution in [0.5, 0.6) is 0 Å². The Morgan fingerprint density at radius 2 is 1.96 bits per heavy atom. The van der Waals surface area contributed by atoms with Gasteiger partial charge < -0.3 is 9.64 Å². The molecule has 2 aromatic rings. The number of halogens is 1. The lowest BCUT2D eigenvalue weighted by Crippen LogP contribution is -2.40. The Kier molecular flexibility index (Phi) is 5.28. The number of hydrogen-bond donors (Lipinski definition) is 0. The van der Waals surface area contributed by atoms with E-state index in [1.165, 1.54) is 18.9 Å². The van der Waals surface area contributed by atoms with Gasteiger partial charge in [0.25, 0.3) is 5.91 Å². The number of aromatic nitrogens is 4. The molecule has 0 radical (unpaired) electrons. The topological polar surface area (TPSA) is 90.2 Å². The number of carbonyl (C=O) groups is 2.